The van der Waals surface area contributed by atoms with Crippen LogP contribution in [0.3, 0.4) is 0 Å². The Morgan fingerprint density at radius 3 is 2.68 bits per heavy atom. The highest BCUT2D eigenvalue weighted by Gasteiger charge is 2.25. The number of para-hydroxylation sites is 1. The van der Waals surface area contributed by atoms with Gasteiger partial charge in [-0.15, -0.1) is 0 Å². The molecule has 0 saturated heterocycles. The van der Waals surface area contributed by atoms with Crippen molar-refractivity contribution >= 4 is 11.6 Å². The molecule has 0 aromatic heterocycles. The van der Waals surface area contributed by atoms with Crippen LogP contribution in [-0.2, 0) is 11.3 Å². The van der Waals surface area contributed by atoms with E-state index in [1.54, 1.807) is 0 Å². The number of benzene rings is 2. The quantitative estimate of drug-likeness (QED) is 0.903. The van der Waals surface area contributed by atoms with Crippen molar-refractivity contribution in [2.75, 3.05) is 5.32 Å². The molecule has 1 aliphatic heterocycles. The predicted octanol–water partition coefficient (Wildman–Crippen LogP) is 3.68. The zero-order valence-corrected chi connectivity index (χ0v) is 12.9. The van der Waals surface area contributed by atoms with Gasteiger partial charge in [0.25, 0.3) is 0 Å². The highest BCUT2D eigenvalue weighted by molar-refractivity contribution is 5.77. The van der Waals surface area contributed by atoms with Crippen LogP contribution in [0, 0.1) is 0 Å². The number of rotatable bonds is 4. The lowest BCUT2D eigenvalue weighted by atomic mass is 9.85. The summed E-state index contributed by atoms with van der Waals surface area (Å²) in [4.78, 5) is 12.3. The molecule has 0 bridgehead atoms. The molecule has 114 valence electrons. The van der Waals surface area contributed by atoms with Crippen molar-refractivity contribution in [3.8, 4) is 0 Å². The van der Waals surface area contributed by atoms with Gasteiger partial charge in [0.15, 0.2) is 0 Å². The number of amides is 1. The summed E-state index contributed by atoms with van der Waals surface area (Å²) in [6, 6.07) is 18.7. The molecule has 2 aromatic carbocycles. The number of carbonyl (C=O) groups is 1. The van der Waals surface area contributed by atoms with E-state index >= 15 is 0 Å². The Bertz CT molecular complexity index is 639. The topological polar surface area (TPSA) is 41.1 Å². The summed E-state index contributed by atoms with van der Waals surface area (Å²) in [6.45, 7) is 2.77. The van der Waals surface area contributed by atoms with Gasteiger partial charge in [-0.3, -0.25) is 4.79 Å². The van der Waals surface area contributed by atoms with E-state index in [2.05, 4.69) is 29.7 Å². The van der Waals surface area contributed by atoms with Crippen molar-refractivity contribution in [2.45, 2.75) is 38.3 Å². The number of hydrogen-bond acceptors (Lipinski definition) is 2. The Morgan fingerprint density at radius 2 is 1.86 bits per heavy atom. The van der Waals surface area contributed by atoms with Gasteiger partial charge in [-0.1, -0.05) is 48.5 Å². The Hall–Kier alpha value is -2.29. The van der Waals surface area contributed by atoms with E-state index in [1.165, 1.54) is 11.3 Å². The molecule has 0 fully saturated rings. The molecular weight excluding hydrogens is 272 g/mol. The lowest BCUT2D eigenvalue weighted by Crippen LogP contribution is -2.30. The summed E-state index contributed by atoms with van der Waals surface area (Å²) in [7, 11) is 0. The van der Waals surface area contributed by atoms with Crippen molar-refractivity contribution in [2.24, 2.45) is 0 Å². The first kappa shape index (κ1) is 14.6. The maximum atomic E-state index is 12.3. The molecule has 0 aliphatic carbocycles. The largest absolute Gasteiger partial charge is 0.382 e. The van der Waals surface area contributed by atoms with Gasteiger partial charge in [-0.25, -0.2) is 0 Å². The van der Waals surface area contributed by atoms with Gasteiger partial charge in [0.05, 0.1) is 0 Å². The van der Waals surface area contributed by atoms with E-state index < -0.39 is 0 Å². The second-order valence-corrected chi connectivity index (χ2v) is 6.03. The van der Waals surface area contributed by atoms with Crippen LogP contribution in [0.15, 0.2) is 54.6 Å². The molecule has 3 heteroatoms. The molecule has 22 heavy (non-hydrogen) atoms. The van der Waals surface area contributed by atoms with Crippen LogP contribution in [0.1, 0.15) is 36.8 Å². The van der Waals surface area contributed by atoms with E-state index in [-0.39, 0.29) is 5.91 Å². The monoisotopic (exact) mass is 294 g/mol. The Morgan fingerprint density at radius 1 is 1.14 bits per heavy atom. The van der Waals surface area contributed by atoms with Gasteiger partial charge in [0.1, 0.15) is 0 Å². The highest BCUT2D eigenvalue weighted by atomic mass is 16.1. The maximum Gasteiger partial charge on any atom is 0.220 e. The SMILES string of the molecule is C[C@@H]1C[C@@H](CC(=O)NCc2ccccc2)c2ccccc2N1. The zero-order valence-electron chi connectivity index (χ0n) is 12.9. The number of fused-ring (bicyclic) bond motifs is 1. The third-order valence-corrected chi connectivity index (χ3v) is 4.20. The molecule has 1 aliphatic rings. The minimum Gasteiger partial charge on any atom is -0.382 e. The number of nitrogens with one attached hydrogen (secondary N) is 2. The van der Waals surface area contributed by atoms with E-state index in [0.717, 1.165) is 12.0 Å². The standard InChI is InChI=1S/C19H22N2O/c1-14-11-16(17-9-5-6-10-18(17)21-14)12-19(22)20-13-15-7-3-2-4-8-15/h2-10,14,16,21H,11-13H2,1H3,(H,20,22)/t14-,16+/m1/s1. The molecular formula is C19H22N2O. The third-order valence-electron chi connectivity index (χ3n) is 4.20. The van der Waals surface area contributed by atoms with Crippen molar-refractivity contribution in [1.82, 2.24) is 5.32 Å². The summed E-state index contributed by atoms with van der Waals surface area (Å²) in [5.41, 5.74) is 3.56. The van der Waals surface area contributed by atoms with Crippen LogP contribution in [0.25, 0.3) is 0 Å². The van der Waals surface area contributed by atoms with Crippen LogP contribution in [-0.4, -0.2) is 11.9 Å². The second kappa shape index (κ2) is 6.65. The van der Waals surface area contributed by atoms with Crippen LogP contribution < -0.4 is 10.6 Å². The fourth-order valence-electron chi connectivity index (χ4n) is 3.15. The van der Waals surface area contributed by atoms with Gasteiger partial charge in [-0.2, -0.15) is 0 Å². The van der Waals surface area contributed by atoms with Crippen molar-refractivity contribution in [3.63, 3.8) is 0 Å². The molecule has 3 rings (SSSR count). The molecule has 0 saturated carbocycles. The van der Waals surface area contributed by atoms with Gasteiger partial charge in [0.2, 0.25) is 5.91 Å². The summed E-state index contributed by atoms with van der Waals surface area (Å²) in [6.07, 6.45) is 1.55. The Labute approximate surface area is 131 Å². The summed E-state index contributed by atoms with van der Waals surface area (Å²) >= 11 is 0. The van der Waals surface area contributed by atoms with Crippen molar-refractivity contribution < 1.29 is 4.79 Å². The van der Waals surface area contributed by atoms with Gasteiger partial charge in [-0.05, 0) is 36.5 Å². The molecule has 1 heterocycles. The Balaban J connectivity index is 1.62. The molecule has 2 N–H and O–H groups in total. The minimum atomic E-state index is 0.123. The summed E-state index contributed by atoms with van der Waals surface area (Å²) in [5.74, 6) is 0.418. The molecule has 2 aromatic rings. The lowest BCUT2D eigenvalue weighted by Gasteiger charge is -2.31. The number of anilines is 1. The van der Waals surface area contributed by atoms with Crippen molar-refractivity contribution in [3.05, 3.63) is 65.7 Å². The molecule has 0 spiro atoms. The van der Waals surface area contributed by atoms with E-state index in [9.17, 15) is 4.79 Å². The first-order valence-electron chi connectivity index (χ1n) is 7.88. The second-order valence-electron chi connectivity index (χ2n) is 6.03. The fraction of sp³-hybridized carbons (Fsp3) is 0.316. The molecule has 0 radical (unpaired) electrons. The zero-order chi connectivity index (χ0) is 15.4. The van der Waals surface area contributed by atoms with Gasteiger partial charge in [0, 0.05) is 24.7 Å². The number of carbonyl (C=O) groups excluding carboxylic acids is 1. The van der Waals surface area contributed by atoms with Gasteiger partial charge < -0.3 is 10.6 Å². The maximum absolute atomic E-state index is 12.3. The normalized spacial score (nSPS) is 19.9. The van der Waals surface area contributed by atoms with Gasteiger partial charge >= 0.3 is 0 Å². The molecule has 3 nitrogen and oxygen atoms in total. The predicted molar refractivity (Wildman–Crippen MR) is 89.8 cm³/mol. The third kappa shape index (κ3) is 3.48. The van der Waals surface area contributed by atoms with E-state index in [0.29, 0.717) is 24.9 Å². The highest BCUT2D eigenvalue weighted by Crippen LogP contribution is 2.35. The lowest BCUT2D eigenvalue weighted by molar-refractivity contribution is -0.121. The first-order chi connectivity index (χ1) is 10.7. The average Bonchev–Trinajstić information content (AvgIpc) is 2.54. The molecule has 0 unspecified atom stereocenters. The Kier molecular flexibility index (Phi) is 4.42. The number of hydrogen-bond donors (Lipinski definition) is 2. The van der Waals surface area contributed by atoms with Crippen LogP contribution in [0.2, 0.25) is 0 Å². The minimum absolute atomic E-state index is 0.123. The van der Waals surface area contributed by atoms with Crippen LogP contribution in [0.5, 0.6) is 0 Å². The fourth-order valence-corrected chi connectivity index (χ4v) is 3.15. The van der Waals surface area contributed by atoms with E-state index in [4.69, 9.17) is 0 Å². The van der Waals surface area contributed by atoms with Crippen molar-refractivity contribution in [1.29, 1.82) is 0 Å². The molecule has 2 atom stereocenters. The van der Waals surface area contributed by atoms with Crippen LogP contribution in [0.4, 0.5) is 5.69 Å². The molecule has 1 amide bonds. The summed E-state index contributed by atoms with van der Waals surface area (Å²) < 4.78 is 0. The smallest absolute Gasteiger partial charge is 0.220 e. The summed E-state index contributed by atoms with van der Waals surface area (Å²) in [5, 5.41) is 6.52. The first-order valence-corrected chi connectivity index (χ1v) is 7.88. The van der Waals surface area contributed by atoms with E-state index in [1.807, 2.05) is 42.5 Å². The van der Waals surface area contributed by atoms with Crippen LogP contribution >= 0.6 is 0 Å². The average molecular weight is 294 g/mol.